The quantitative estimate of drug-likeness (QED) is 0.867. The lowest BCUT2D eigenvalue weighted by molar-refractivity contribution is 0.354. The van der Waals surface area contributed by atoms with Gasteiger partial charge in [0.25, 0.3) is 0 Å². The maximum absolute atomic E-state index is 13.9. The predicted octanol–water partition coefficient (Wildman–Crippen LogP) is 4.31. The second-order valence-corrected chi connectivity index (χ2v) is 5.70. The van der Waals surface area contributed by atoms with Gasteiger partial charge in [0.05, 0.1) is 25.3 Å². The zero-order valence-electron chi connectivity index (χ0n) is 11.5. The first-order valence-corrected chi connectivity index (χ1v) is 7.27. The van der Waals surface area contributed by atoms with E-state index in [1.165, 1.54) is 20.3 Å². The summed E-state index contributed by atoms with van der Waals surface area (Å²) in [7, 11) is 3.00. The van der Waals surface area contributed by atoms with Gasteiger partial charge in [0.15, 0.2) is 11.5 Å². The molecule has 0 spiro atoms. The van der Waals surface area contributed by atoms with E-state index in [-0.39, 0.29) is 5.82 Å². The van der Waals surface area contributed by atoms with Gasteiger partial charge in [-0.05, 0) is 35.9 Å². The number of hydrogen-bond acceptors (Lipinski definition) is 3. The first-order valence-electron chi connectivity index (χ1n) is 6.10. The molecule has 0 amide bonds. The van der Waals surface area contributed by atoms with Crippen LogP contribution in [0, 0.1) is 5.82 Å². The van der Waals surface area contributed by atoms with Crippen molar-refractivity contribution < 1.29 is 13.9 Å². The van der Waals surface area contributed by atoms with Gasteiger partial charge in [-0.1, -0.05) is 27.5 Å². The maximum atomic E-state index is 13.9. The van der Waals surface area contributed by atoms with Crippen LogP contribution in [0.3, 0.4) is 0 Å². The van der Waals surface area contributed by atoms with E-state index in [2.05, 4.69) is 15.9 Å². The Hall–Kier alpha value is -1.30. The molecule has 2 aromatic rings. The molecule has 3 nitrogen and oxygen atoms in total. The molecule has 0 bridgehead atoms. The molecule has 21 heavy (non-hydrogen) atoms. The highest BCUT2D eigenvalue weighted by Gasteiger charge is 2.18. The summed E-state index contributed by atoms with van der Waals surface area (Å²) in [5.74, 6) is 0.493. The summed E-state index contributed by atoms with van der Waals surface area (Å²) in [4.78, 5) is 0. The third-order valence-electron chi connectivity index (χ3n) is 3.11. The van der Waals surface area contributed by atoms with Crippen molar-refractivity contribution in [1.82, 2.24) is 0 Å². The Morgan fingerprint density at radius 2 is 1.90 bits per heavy atom. The highest BCUT2D eigenvalue weighted by atomic mass is 79.9. The third kappa shape index (κ3) is 3.31. The fraction of sp³-hybridized carbons (Fsp3) is 0.200. The van der Waals surface area contributed by atoms with Crippen LogP contribution in [0.4, 0.5) is 4.39 Å². The first-order chi connectivity index (χ1) is 9.97. The lowest BCUT2D eigenvalue weighted by atomic mass is 9.98. The number of halogens is 3. The summed E-state index contributed by atoms with van der Waals surface area (Å²) >= 11 is 9.46. The molecule has 0 saturated carbocycles. The second-order valence-electron chi connectivity index (χ2n) is 4.38. The molecule has 2 aromatic carbocycles. The molecule has 0 saturated heterocycles. The molecule has 0 aromatic heterocycles. The minimum Gasteiger partial charge on any atom is -0.493 e. The number of nitrogens with two attached hydrogens (primary N) is 1. The van der Waals surface area contributed by atoms with Gasteiger partial charge in [-0.25, -0.2) is 4.39 Å². The molecule has 112 valence electrons. The summed E-state index contributed by atoms with van der Waals surface area (Å²) in [5.41, 5.74) is 7.16. The van der Waals surface area contributed by atoms with E-state index < -0.39 is 6.04 Å². The summed E-state index contributed by atoms with van der Waals surface area (Å²) in [6.07, 6.45) is 0. The highest BCUT2D eigenvalue weighted by Crippen LogP contribution is 2.38. The van der Waals surface area contributed by atoms with Crippen LogP contribution >= 0.6 is 27.5 Å². The molecule has 2 N–H and O–H groups in total. The smallest absolute Gasteiger partial charge is 0.179 e. The fourth-order valence-electron chi connectivity index (χ4n) is 2.05. The molecule has 1 unspecified atom stereocenters. The molecular weight excluding hydrogens is 361 g/mol. The van der Waals surface area contributed by atoms with Crippen LogP contribution < -0.4 is 15.2 Å². The zero-order chi connectivity index (χ0) is 15.6. The minimum atomic E-state index is -0.667. The molecule has 1 atom stereocenters. The topological polar surface area (TPSA) is 44.5 Å². The molecule has 0 heterocycles. The monoisotopic (exact) mass is 373 g/mol. The van der Waals surface area contributed by atoms with E-state index >= 15 is 0 Å². The highest BCUT2D eigenvalue weighted by molar-refractivity contribution is 9.10. The van der Waals surface area contributed by atoms with E-state index in [1.54, 1.807) is 24.3 Å². The van der Waals surface area contributed by atoms with Crippen molar-refractivity contribution >= 4 is 27.5 Å². The van der Waals surface area contributed by atoms with Gasteiger partial charge in [-0.15, -0.1) is 0 Å². The Kier molecular flexibility index (Phi) is 5.08. The average Bonchev–Trinajstić information content (AvgIpc) is 2.48. The van der Waals surface area contributed by atoms with Crippen LogP contribution in [0.15, 0.2) is 34.8 Å². The van der Waals surface area contributed by atoms with Crippen LogP contribution in [0.25, 0.3) is 0 Å². The van der Waals surface area contributed by atoms with E-state index in [0.29, 0.717) is 27.6 Å². The van der Waals surface area contributed by atoms with Crippen LogP contribution in [-0.2, 0) is 0 Å². The maximum Gasteiger partial charge on any atom is 0.179 e. The summed E-state index contributed by atoms with van der Waals surface area (Å²) < 4.78 is 25.1. The van der Waals surface area contributed by atoms with Gasteiger partial charge < -0.3 is 15.2 Å². The van der Waals surface area contributed by atoms with E-state index in [0.717, 1.165) is 4.47 Å². The molecular formula is C15H14BrClFNO2. The summed E-state index contributed by atoms with van der Waals surface area (Å²) in [6.45, 7) is 0. The largest absolute Gasteiger partial charge is 0.493 e. The standard InChI is InChI=1S/C15H14BrClFNO2/c1-20-13-6-8(5-11(17)15(13)21-2)14(19)10-7-9(16)3-4-12(10)18/h3-7,14H,19H2,1-2H3. The molecule has 0 aliphatic rings. The van der Waals surface area contributed by atoms with Gasteiger partial charge in [0, 0.05) is 10.0 Å². The number of benzene rings is 2. The van der Waals surface area contributed by atoms with Crippen molar-refractivity contribution in [2.75, 3.05) is 14.2 Å². The first kappa shape index (κ1) is 16.1. The van der Waals surface area contributed by atoms with Crippen molar-refractivity contribution in [3.8, 4) is 11.5 Å². The lowest BCUT2D eigenvalue weighted by Gasteiger charge is -2.17. The fourth-order valence-corrected chi connectivity index (χ4v) is 2.72. The predicted molar refractivity (Wildman–Crippen MR) is 84.7 cm³/mol. The summed E-state index contributed by atoms with van der Waals surface area (Å²) in [5, 5.41) is 0.359. The van der Waals surface area contributed by atoms with Crippen LogP contribution in [0.2, 0.25) is 5.02 Å². The Balaban J connectivity index is 2.50. The van der Waals surface area contributed by atoms with Gasteiger partial charge in [-0.2, -0.15) is 0 Å². The van der Waals surface area contributed by atoms with Gasteiger partial charge >= 0.3 is 0 Å². The average molecular weight is 375 g/mol. The van der Waals surface area contributed by atoms with Crippen molar-refractivity contribution in [3.63, 3.8) is 0 Å². The normalized spacial score (nSPS) is 12.1. The van der Waals surface area contributed by atoms with E-state index in [9.17, 15) is 4.39 Å². The second kappa shape index (κ2) is 6.64. The molecule has 0 radical (unpaired) electrons. The van der Waals surface area contributed by atoms with Crippen LogP contribution in [-0.4, -0.2) is 14.2 Å². The van der Waals surface area contributed by atoms with Crippen molar-refractivity contribution in [2.24, 2.45) is 5.73 Å². The summed E-state index contributed by atoms with van der Waals surface area (Å²) in [6, 6.07) is 7.29. The third-order valence-corrected chi connectivity index (χ3v) is 3.88. The Bertz CT molecular complexity index is 666. The number of rotatable bonds is 4. The van der Waals surface area contributed by atoms with Gasteiger partial charge in [0.1, 0.15) is 5.82 Å². The van der Waals surface area contributed by atoms with Crippen LogP contribution in [0.1, 0.15) is 17.2 Å². The van der Waals surface area contributed by atoms with Crippen LogP contribution in [0.5, 0.6) is 11.5 Å². The number of ether oxygens (including phenoxy) is 2. The van der Waals surface area contributed by atoms with Gasteiger partial charge in [-0.3, -0.25) is 0 Å². The molecule has 0 fully saturated rings. The SMILES string of the molecule is COc1cc(C(N)c2cc(Br)ccc2F)cc(Cl)c1OC. The number of hydrogen-bond donors (Lipinski definition) is 1. The molecule has 6 heteroatoms. The molecule has 0 aliphatic heterocycles. The van der Waals surface area contributed by atoms with E-state index in [4.69, 9.17) is 26.8 Å². The van der Waals surface area contributed by atoms with Crippen molar-refractivity contribution in [1.29, 1.82) is 0 Å². The number of methoxy groups -OCH3 is 2. The molecule has 0 aliphatic carbocycles. The van der Waals surface area contributed by atoms with Crippen molar-refractivity contribution in [2.45, 2.75) is 6.04 Å². The van der Waals surface area contributed by atoms with Crippen molar-refractivity contribution in [3.05, 3.63) is 56.8 Å². The zero-order valence-corrected chi connectivity index (χ0v) is 13.8. The van der Waals surface area contributed by atoms with Gasteiger partial charge in [0.2, 0.25) is 0 Å². The van der Waals surface area contributed by atoms with E-state index in [1.807, 2.05) is 0 Å². The minimum absolute atomic E-state index is 0.359. The lowest BCUT2D eigenvalue weighted by Crippen LogP contribution is -2.14. The Morgan fingerprint density at radius 1 is 1.19 bits per heavy atom. The molecule has 2 rings (SSSR count). The Labute approximate surface area is 135 Å². The Morgan fingerprint density at radius 3 is 2.52 bits per heavy atom.